The molecule has 27 heavy (non-hydrogen) atoms. The molecule has 9 heteroatoms. The highest BCUT2D eigenvalue weighted by Gasteiger charge is 2.36. The number of carboxylic acids is 1. The molecule has 2 atom stereocenters. The summed E-state index contributed by atoms with van der Waals surface area (Å²) in [5.74, 6) is -1.39. The fraction of sp³-hybridized carbons (Fsp3) is 0.500. The van der Waals surface area contributed by atoms with Crippen molar-refractivity contribution >= 4 is 17.8 Å². The fourth-order valence-electron chi connectivity index (χ4n) is 3.16. The minimum Gasteiger partial charge on any atom is -0.481 e. The van der Waals surface area contributed by atoms with E-state index in [-0.39, 0.29) is 18.9 Å². The summed E-state index contributed by atoms with van der Waals surface area (Å²) in [6, 6.07) is 3.67. The summed E-state index contributed by atoms with van der Waals surface area (Å²) in [6.45, 7) is 2.97. The summed E-state index contributed by atoms with van der Waals surface area (Å²) in [6.07, 6.45) is 5.17. The number of piperidine rings is 1. The van der Waals surface area contributed by atoms with Gasteiger partial charge >= 0.3 is 5.97 Å². The second kappa shape index (κ2) is 8.61. The van der Waals surface area contributed by atoms with E-state index in [4.69, 9.17) is 4.52 Å². The third kappa shape index (κ3) is 4.81. The van der Waals surface area contributed by atoms with Crippen molar-refractivity contribution in [1.82, 2.24) is 20.4 Å². The van der Waals surface area contributed by atoms with Crippen LogP contribution in [0.4, 0.5) is 5.95 Å². The number of aryl methyl sites for hydroxylation is 1. The number of amides is 1. The average Bonchev–Trinajstić information content (AvgIpc) is 3.15. The first kappa shape index (κ1) is 18.8. The number of aliphatic carboxylic acids is 1. The van der Waals surface area contributed by atoms with E-state index in [1.807, 2.05) is 13.0 Å². The Morgan fingerprint density at radius 2 is 2.19 bits per heavy atom. The maximum Gasteiger partial charge on any atom is 0.308 e. The van der Waals surface area contributed by atoms with Crippen LogP contribution in [0.15, 0.2) is 29.0 Å². The Kier molecular flexibility index (Phi) is 6.00. The molecule has 3 heterocycles. The highest BCUT2D eigenvalue weighted by Crippen LogP contribution is 2.26. The maximum absolute atomic E-state index is 12.6. The number of pyridine rings is 1. The molecule has 2 aromatic heterocycles. The van der Waals surface area contributed by atoms with Crippen LogP contribution in [0, 0.1) is 11.8 Å². The van der Waals surface area contributed by atoms with E-state index in [0.717, 1.165) is 12.0 Å². The summed E-state index contributed by atoms with van der Waals surface area (Å²) in [5, 5.41) is 16.3. The van der Waals surface area contributed by atoms with Gasteiger partial charge in [-0.15, -0.1) is 0 Å². The van der Waals surface area contributed by atoms with Crippen LogP contribution in [-0.4, -0.2) is 45.2 Å². The molecular formula is C18H23N5O4. The van der Waals surface area contributed by atoms with Crippen LogP contribution < -0.4 is 10.2 Å². The lowest BCUT2D eigenvalue weighted by molar-refractivity contribution is -0.143. The molecule has 1 amide bonds. The average molecular weight is 373 g/mol. The highest BCUT2D eigenvalue weighted by molar-refractivity contribution is 5.81. The summed E-state index contributed by atoms with van der Waals surface area (Å²) in [7, 11) is 0. The predicted molar refractivity (Wildman–Crippen MR) is 95.8 cm³/mol. The Bertz CT molecular complexity index is 779. The molecule has 1 saturated heterocycles. The van der Waals surface area contributed by atoms with E-state index in [2.05, 4.69) is 20.4 Å². The van der Waals surface area contributed by atoms with Crippen LogP contribution in [0.5, 0.6) is 0 Å². The van der Waals surface area contributed by atoms with Gasteiger partial charge in [0.05, 0.1) is 11.8 Å². The zero-order valence-corrected chi connectivity index (χ0v) is 15.2. The van der Waals surface area contributed by atoms with Gasteiger partial charge in [0.15, 0.2) is 0 Å². The van der Waals surface area contributed by atoms with Crippen molar-refractivity contribution in [1.29, 1.82) is 0 Å². The first-order chi connectivity index (χ1) is 13.1. The molecule has 1 aliphatic heterocycles. The van der Waals surface area contributed by atoms with Gasteiger partial charge in [-0.3, -0.25) is 14.6 Å². The fourth-order valence-corrected chi connectivity index (χ4v) is 3.16. The molecule has 1 fully saturated rings. The van der Waals surface area contributed by atoms with Crippen molar-refractivity contribution in [3.63, 3.8) is 0 Å². The standard InChI is InChI=1S/C18H23N5O4/c1-2-4-15-21-18(22-27-15)23-10-13(7-14(11-23)17(25)26)16(24)20-9-12-5-3-6-19-8-12/h3,5-6,8,13-14H,2,4,7,9-11H2,1H3,(H,20,24)(H,25,26)/t13-,14+/m1/s1. The lowest BCUT2D eigenvalue weighted by Crippen LogP contribution is -2.48. The Hall–Kier alpha value is -2.97. The van der Waals surface area contributed by atoms with Crippen molar-refractivity contribution in [2.75, 3.05) is 18.0 Å². The Morgan fingerprint density at radius 3 is 2.89 bits per heavy atom. The number of carbonyl (C=O) groups is 2. The van der Waals surface area contributed by atoms with Crippen molar-refractivity contribution in [2.24, 2.45) is 11.8 Å². The Labute approximate surface area is 156 Å². The van der Waals surface area contributed by atoms with Crippen molar-refractivity contribution in [3.8, 4) is 0 Å². The van der Waals surface area contributed by atoms with Gasteiger partial charge in [-0.05, 0) is 29.6 Å². The number of nitrogens with zero attached hydrogens (tertiary/aromatic N) is 4. The SMILES string of the molecule is CCCc1nc(N2C[C@@H](C(=O)O)C[C@@H](C(=O)NCc3cccnc3)C2)no1. The Morgan fingerprint density at radius 1 is 1.37 bits per heavy atom. The summed E-state index contributed by atoms with van der Waals surface area (Å²) in [5.41, 5.74) is 0.885. The van der Waals surface area contributed by atoms with E-state index in [0.29, 0.717) is 31.3 Å². The topological polar surface area (TPSA) is 121 Å². The number of carbonyl (C=O) groups excluding carboxylic acids is 1. The van der Waals surface area contributed by atoms with E-state index in [1.54, 1.807) is 23.4 Å². The number of anilines is 1. The third-order valence-corrected chi connectivity index (χ3v) is 4.56. The second-order valence-electron chi connectivity index (χ2n) is 6.69. The monoisotopic (exact) mass is 373 g/mol. The molecule has 9 nitrogen and oxygen atoms in total. The molecule has 0 bridgehead atoms. The molecule has 0 aliphatic carbocycles. The van der Waals surface area contributed by atoms with Crippen molar-refractivity contribution in [3.05, 3.63) is 36.0 Å². The normalized spacial score (nSPS) is 19.7. The van der Waals surface area contributed by atoms with Gasteiger partial charge in [0, 0.05) is 38.4 Å². The van der Waals surface area contributed by atoms with Gasteiger partial charge in [0.2, 0.25) is 11.8 Å². The number of rotatable bonds is 7. The molecule has 0 spiro atoms. The van der Waals surface area contributed by atoms with Gasteiger partial charge in [0.25, 0.3) is 5.95 Å². The molecule has 0 aromatic carbocycles. The minimum atomic E-state index is -0.929. The number of aromatic nitrogens is 3. The number of hydrogen-bond acceptors (Lipinski definition) is 7. The van der Waals surface area contributed by atoms with E-state index >= 15 is 0 Å². The summed E-state index contributed by atoms with van der Waals surface area (Å²) in [4.78, 5) is 34.2. The van der Waals surface area contributed by atoms with Crippen LogP contribution >= 0.6 is 0 Å². The molecule has 0 radical (unpaired) electrons. The van der Waals surface area contributed by atoms with Gasteiger partial charge in [-0.2, -0.15) is 4.98 Å². The van der Waals surface area contributed by atoms with Gasteiger partial charge in [-0.1, -0.05) is 13.0 Å². The zero-order valence-electron chi connectivity index (χ0n) is 15.2. The van der Waals surface area contributed by atoms with Gasteiger partial charge in [0.1, 0.15) is 0 Å². The third-order valence-electron chi connectivity index (χ3n) is 4.56. The molecule has 0 unspecified atom stereocenters. The molecule has 144 valence electrons. The lowest BCUT2D eigenvalue weighted by Gasteiger charge is -2.34. The van der Waals surface area contributed by atoms with E-state index < -0.39 is 17.8 Å². The first-order valence-corrected chi connectivity index (χ1v) is 9.03. The first-order valence-electron chi connectivity index (χ1n) is 9.03. The number of carboxylic acid groups (broad SMARTS) is 1. The quantitative estimate of drug-likeness (QED) is 0.744. The van der Waals surface area contributed by atoms with Crippen molar-refractivity contribution < 1.29 is 19.2 Å². The lowest BCUT2D eigenvalue weighted by atomic mass is 9.88. The van der Waals surface area contributed by atoms with Crippen LogP contribution in [0.3, 0.4) is 0 Å². The van der Waals surface area contributed by atoms with Crippen LogP contribution in [0.25, 0.3) is 0 Å². The van der Waals surface area contributed by atoms with E-state index in [9.17, 15) is 14.7 Å². The van der Waals surface area contributed by atoms with Crippen LogP contribution in [-0.2, 0) is 22.6 Å². The molecule has 3 rings (SSSR count). The molecule has 2 aromatic rings. The summed E-state index contributed by atoms with van der Waals surface area (Å²) >= 11 is 0. The largest absolute Gasteiger partial charge is 0.481 e. The summed E-state index contributed by atoms with van der Waals surface area (Å²) < 4.78 is 5.20. The van der Waals surface area contributed by atoms with Crippen molar-refractivity contribution in [2.45, 2.75) is 32.7 Å². The van der Waals surface area contributed by atoms with Crippen LogP contribution in [0.2, 0.25) is 0 Å². The molecule has 2 N–H and O–H groups in total. The molecule has 1 aliphatic rings. The smallest absolute Gasteiger partial charge is 0.308 e. The number of nitrogens with one attached hydrogen (secondary N) is 1. The number of hydrogen-bond donors (Lipinski definition) is 2. The predicted octanol–water partition coefficient (Wildman–Crippen LogP) is 1.26. The van der Waals surface area contributed by atoms with Gasteiger partial charge in [-0.25, -0.2) is 0 Å². The highest BCUT2D eigenvalue weighted by atomic mass is 16.5. The zero-order chi connectivity index (χ0) is 19.2. The van der Waals surface area contributed by atoms with E-state index in [1.165, 1.54) is 0 Å². The van der Waals surface area contributed by atoms with Crippen LogP contribution in [0.1, 0.15) is 31.2 Å². The Balaban J connectivity index is 1.67. The maximum atomic E-state index is 12.6. The molecular weight excluding hydrogens is 350 g/mol. The minimum absolute atomic E-state index is 0.188. The second-order valence-corrected chi connectivity index (χ2v) is 6.69. The molecule has 0 saturated carbocycles. The van der Waals surface area contributed by atoms with Gasteiger partial charge < -0.3 is 19.8 Å².